The molecule has 1 unspecified atom stereocenters. The van der Waals surface area contributed by atoms with Gasteiger partial charge in [0.05, 0.1) is 12.3 Å². The standard InChI is InChI=1S/C27H35FN5O8P/c1-5-25(3,4)14-38-23(35)16(2)32-42(37,40-17-9-7-6-8-10-17)41-24-26(13-28)27(24,36)21(34)20(39-26)18-11-12-19-22(29)30-15-31-33(18)19/h6-12,15-16,20-21,24,34,36H,5,13-14H2,1-4H3,(H,32,37)(H2,29,30,31)/t16-,20-,21-,24?,26+,27+,42-/m0/s1. The average molecular weight is 608 g/mol. The maximum Gasteiger partial charge on any atom is 0.459 e. The van der Waals surface area contributed by atoms with Gasteiger partial charge in [0.15, 0.2) is 17.0 Å². The van der Waals surface area contributed by atoms with Gasteiger partial charge in [-0.2, -0.15) is 10.2 Å². The second-order valence-electron chi connectivity index (χ2n) is 11.4. The monoisotopic (exact) mass is 607 g/mol. The first-order valence-electron chi connectivity index (χ1n) is 13.5. The predicted molar refractivity (Wildman–Crippen MR) is 148 cm³/mol. The summed E-state index contributed by atoms with van der Waals surface area (Å²) in [7, 11) is -4.53. The van der Waals surface area contributed by atoms with Crippen LogP contribution in [0, 0.1) is 5.41 Å². The summed E-state index contributed by atoms with van der Waals surface area (Å²) in [5, 5.41) is 29.4. The normalized spacial score (nSPS) is 29.1. The zero-order valence-corrected chi connectivity index (χ0v) is 24.5. The van der Waals surface area contributed by atoms with E-state index in [1.807, 2.05) is 20.8 Å². The molecule has 5 rings (SSSR count). The molecule has 2 aliphatic rings. The molecule has 15 heteroatoms. The molecule has 228 valence electrons. The molecule has 1 saturated heterocycles. The van der Waals surface area contributed by atoms with Crippen molar-refractivity contribution in [1.29, 1.82) is 0 Å². The maximum atomic E-state index is 14.7. The molecular weight excluding hydrogens is 572 g/mol. The SMILES string of the molecule is CCC(C)(C)COC(=O)[C@H](C)N[P@](=O)(Oc1ccccc1)OC1[C@@]2(CF)O[C@@H](c3ccc4c(N)ncnn34)[C@H](O)[C@@]12O. The topological polar surface area (TPSA) is 180 Å². The van der Waals surface area contributed by atoms with Gasteiger partial charge in [-0.05, 0) is 43.0 Å². The number of anilines is 1. The summed E-state index contributed by atoms with van der Waals surface area (Å²) in [5.41, 5.74) is 1.92. The van der Waals surface area contributed by atoms with Gasteiger partial charge in [0.2, 0.25) is 0 Å². The lowest BCUT2D eigenvalue weighted by atomic mass is 9.92. The van der Waals surface area contributed by atoms with Crippen molar-refractivity contribution in [1.82, 2.24) is 19.7 Å². The van der Waals surface area contributed by atoms with E-state index in [0.29, 0.717) is 5.52 Å². The molecule has 2 aromatic heterocycles. The molecule has 13 nitrogen and oxygen atoms in total. The number of aliphatic hydroxyl groups excluding tert-OH is 1. The van der Waals surface area contributed by atoms with Crippen LogP contribution in [0.25, 0.3) is 5.52 Å². The minimum Gasteiger partial charge on any atom is -0.464 e. The lowest BCUT2D eigenvalue weighted by molar-refractivity contribution is -0.148. The number of halogens is 1. The largest absolute Gasteiger partial charge is 0.464 e. The second kappa shape index (κ2) is 10.9. The first-order chi connectivity index (χ1) is 19.8. The van der Waals surface area contributed by atoms with E-state index in [-0.39, 0.29) is 29.3 Å². The molecule has 5 N–H and O–H groups in total. The van der Waals surface area contributed by atoms with E-state index in [4.69, 9.17) is 24.3 Å². The number of esters is 1. The molecule has 1 aliphatic carbocycles. The molecule has 2 fully saturated rings. The van der Waals surface area contributed by atoms with E-state index in [0.717, 1.165) is 6.42 Å². The van der Waals surface area contributed by atoms with Crippen molar-refractivity contribution >= 4 is 25.1 Å². The molecule has 1 saturated carbocycles. The van der Waals surface area contributed by atoms with Gasteiger partial charge >= 0.3 is 13.7 Å². The number of nitrogen functional groups attached to an aromatic ring is 1. The predicted octanol–water partition coefficient (Wildman–Crippen LogP) is 2.73. The third kappa shape index (κ3) is 5.06. The Morgan fingerprint density at radius 1 is 1.31 bits per heavy atom. The second-order valence-corrected chi connectivity index (χ2v) is 13.0. The lowest BCUT2D eigenvalue weighted by Gasteiger charge is -2.27. The summed E-state index contributed by atoms with van der Waals surface area (Å²) in [6, 6.07) is 9.94. The smallest absolute Gasteiger partial charge is 0.459 e. The van der Waals surface area contributed by atoms with Crippen molar-refractivity contribution in [3.05, 3.63) is 54.5 Å². The number of nitrogens with zero attached hydrogens (tertiary/aromatic N) is 3. The summed E-state index contributed by atoms with van der Waals surface area (Å²) in [6.07, 6.45) is -2.62. The molecule has 0 spiro atoms. The highest BCUT2D eigenvalue weighted by Crippen LogP contribution is 2.68. The number of ether oxygens (including phenoxy) is 2. The van der Waals surface area contributed by atoms with Crippen LogP contribution in [0.2, 0.25) is 0 Å². The molecule has 42 heavy (non-hydrogen) atoms. The Morgan fingerprint density at radius 3 is 2.67 bits per heavy atom. The van der Waals surface area contributed by atoms with E-state index in [1.54, 1.807) is 30.3 Å². The summed E-state index contributed by atoms with van der Waals surface area (Å²) in [6.45, 7) is 6.07. The first kappa shape index (κ1) is 30.3. The van der Waals surface area contributed by atoms with Crippen LogP contribution < -0.4 is 15.3 Å². The molecule has 1 aliphatic heterocycles. The van der Waals surface area contributed by atoms with E-state index < -0.39 is 55.9 Å². The fraction of sp³-hybridized carbons (Fsp3) is 0.519. The number of rotatable bonds is 12. The molecule has 0 amide bonds. The van der Waals surface area contributed by atoms with Crippen molar-refractivity contribution in [3.8, 4) is 5.75 Å². The minimum absolute atomic E-state index is 0.115. The Labute approximate surface area is 241 Å². The van der Waals surface area contributed by atoms with Crippen LogP contribution in [-0.2, 0) is 23.4 Å². The number of benzene rings is 1. The molecule has 1 aromatic carbocycles. The molecule has 7 atom stereocenters. The third-order valence-corrected chi connectivity index (χ3v) is 9.62. The van der Waals surface area contributed by atoms with Crippen LogP contribution in [-0.4, -0.2) is 73.5 Å². The Kier molecular flexibility index (Phi) is 7.84. The van der Waals surface area contributed by atoms with Crippen molar-refractivity contribution in [2.24, 2.45) is 5.41 Å². The van der Waals surface area contributed by atoms with Crippen molar-refractivity contribution in [3.63, 3.8) is 0 Å². The average Bonchev–Trinajstić information content (AvgIpc) is 3.22. The van der Waals surface area contributed by atoms with Gasteiger partial charge in [-0.15, -0.1) is 0 Å². The van der Waals surface area contributed by atoms with E-state index in [9.17, 15) is 24.0 Å². The number of aromatic nitrogens is 3. The Hall–Kier alpha value is -3.13. The Morgan fingerprint density at radius 2 is 2.02 bits per heavy atom. The fourth-order valence-corrected chi connectivity index (χ4v) is 6.71. The van der Waals surface area contributed by atoms with Gasteiger partial charge in [0, 0.05) is 0 Å². The summed E-state index contributed by atoms with van der Waals surface area (Å²) in [5.74, 6) is -0.431. The van der Waals surface area contributed by atoms with Crippen LogP contribution in [0.15, 0.2) is 48.8 Å². The summed E-state index contributed by atoms with van der Waals surface area (Å²) in [4.78, 5) is 16.7. The lowest BCUT2D eigenvalue weighted by Crippen LogP contribution is -2.39. The highest BCUT2D eigenvalue weighted by molar-refractivity contribution is 7.52. The van der Waals surface area contributed by atoms with Crippen LogP contribution in [0.1, 0.15) is 45.9 Å². The molecule has 3 aromatic rings. The third-order valence-electron chi connectivity index (χ3n) is 7.97. The van der Waals surface area contributed by atoms with Crippen molar-refractivity contribution < 1.29 is 42.5 Å². The van der Waals surface area contributed by atoms with Crippen LogP contribution >= 0.6 is 7.75 Å². The van der Waals surface area contributed by atoms with E-state index >= 15 is 0 Å². The number of hydrogen-bond donors (Lipinski definition) is 4. The van der Waals surface area contributed by atoms with E-state index in [1.165, 1.54) is 29.9 Å². The molecule has 3 heterocycles. The highest BCUT2D eigenvalue weighted by Gasteiger charge is 2.89. The number of nitrogens with two attached hydrogens (primary N) is 1. The zero-order chi connectivity index (χ0) is 30.5. The highest BCUT2D eigenvalue weighted by atomic mass is 31.2. The number of carbonyl (C=O) groups excluding carboxylic acids is 1. The number of nitrogens with one attached hydrogen (secondary N) is 1. The number of fused-ring (bicyclic) bond motifs is 2. The van der Waals surface area contributed by atoms with Gasteiger partial charge in [-0.1, -0.05) is 39.0 Å². The van der Waals surface area contributed by atoms with Crippen molar-refractivity contribution in [2.75, 3.05) is 19.0 Å². The fourth-order valence-electron chi connectivity index (χ4n) is 4.97. The van der Waals surface area contributed by atoms with Gasteiger partial charge in [0.25, 0.3) is 0 Å². The van der Waals surface area contributed by atoms with E-state index in [2.05, 4.69) is 15.2 Å². The maximum absolute atomic E-state index is 14.7. The summed E-state index contributed by atoms with van der Waals surface area (Å²) >= 11 is 0. The van der Waals surface area contributed by atoms with Gasteiger partial charge in [-0.3, -0.25) is 9.32 Å². The van der Waals surface area contributed by atoms with Crippen LogP contribution in [0.4, 0.5) is 10.2 Å². The molecule has 0 radical (unpaired) electrons. The number of para-hydroxylation sites is 1. The van der Waals surface area contributed by atoms with Crippen molar-refractivity contribution in [2.45, 2.75) is 69.7 Å². The summed E-state index contributed by atoms with van der Waals surface area (Å²) < 4.78 is 52.8. The number of aliphatic hydroxyl groups is 2. The molecule has 0 bridgehead atoms. The minimum atomic E-state index is -4.53. The van der Waals surface area contributed by atoms with Gasteiger partial charge in [0.1, 0.15) is 48.6 Å². The molecular formula is C27H35FN5O8P. The quantitative estimate of drug-likeness (QED) is 0.175. The Balaban J connectivity index is 1.38. The Bertz CT molecular complexity index is 1500. The van der Waals surface area contributed by atoms with Gasteiger partial charge < -0.3 is 29.9 Å². The first-order valence-corrected chi connectivity index (χ1v) is 15.0. The number of carbonyl (C=O) groups is 1. The number of alkyl halides is 1. The number of hydrogen-bond acceptors (Lipinski definition) is 11. The van der Waals surface area contributed by atoms with Crippen LogP contribution in [0.3, 0.4) is 0 Å². The van der Waals surface area contributed by atoms with Gasteiger partial charge in [-0.25, -0.2) is 18.5 Å². The van der Waals surface area contributed by atoms with Crippen LogP contribution in [0.5, 0.6) is 5.75 Å². The zero-order valence-electron chi connectivity index (χ0n) is 23.6.